The van der Waals surface area contributed by atoms with Crippen LogP contribution in [-0.4, -0.2) is 28.5 Å². The van der Waals surface area contributed by atoms with Crippen molar-refractivity contribution in [2.75, 3.05) is 6.54 Å². The van der Waals surface area contributed by atoms with E-state index >= 15 is 0 Å². The largest absolute Gasteiger partial charge is 0.481 e. The minimum atomic E-state index is -0.766. The Balaban J connectivity index is 1.75. The first-order chi connectivity index (χ1) is 11.5. The number of hydrogen-bond donors (Lipinski definition) is 3. The average Bonchev–Trinajstić information content (AvgIpc) is 2.86. The molecule has 5 nitrogen and oxygen atoms in total. The molecule has 0 atom stereocenters. The van der Waals surface area contributed by atoms with E-state index in [2.05, 4.69) is 10.3 Å². The van der Waals surface area contributed by atoms with Gasteiger partial charge in [-0.3, -0.25) is 9.59 Å². The van der Waals surface area contributed by atoms with Crippen molar-refractivity contribution in [3.05, 3.63) is 34.7 Å². The van der Waals surface area contributed by atoms with Gasteiger partial charge in [-0.05, 0) is 31.0 Å². The number of hydrogen-bond acceptors (Lipinski definition) is 2. The van der Waals surface area contributed by atoms with Crippen molar-refractivity contribution in [1.29, 1.82) is 0 Å². The summed E-state index contributed by atoms with van der Waals surface area (Å²) in [6.07, 6.45) is 4.44. The average molecular weight is 355 g/mol. The number of benzene rings is 1. The maximum atomic E-state index is 13.2. The van der Waals surface area contributed by atoms with Gasteiger partial charge in [-0.1, -0.05) is 30.9 Å². The van der Waals surface area contributed by atoms with Crippen LogP contribution in [0.3, 0.4) is 0 Å². The molecule has 3 N–H and O–H groups in total. The van der Waals surface area contributed by atoms with Crippen LogP contribution in [-0.2, 0) is 4.79 Å². The normalized spacial score (nSPS) is 10.9. The number of carboxylic acid groups (broad SMARTS) is 1. The Kier molecular flexibility index (Phi) is 6.61. The van der Waals surface area contributed by atoms with Crippen molar-refractivity contribution in [3.63, 3.8) is 0 Å². The Labute approximate surface area is 144 Å². The summed E-state index contributed by atoms with van der Waals surface area (Å²) in [4.78, 5) is 25.4. The van der Waals surface area contributed by atoms with Gasteiger partial charge in [-0.2, -0.15) is 0 Å². The Morgan fingerprint density at radius 2 is 1.88 bits per heavy atom. The number of aromatic nitrogens is 1. The first kappa shape index (κ1) is 18.3. The molecular weight excluding hydrogens is 335 g/mol. The van der Waals surface area contributed by atoms with Gasteiger partial charge >= 0.3 is 5.97 Å². The molecule has 1 heterocycles. The summed E-state index contributed by atoms with van der Waals surface area (Å²) in [6.45, 7) is 0.512. The number of carbonyl (C=O) groups excluding carboxylic acids is 1. The molecule has 0 unspecified atom stereocenters. The van der Waals surface area contributed by atoms with Crippen LogP contribution in [0.1, 0.15) is 49.0 Å². The smallest absolute Gasteiger partial charge is 0.303 e. The van der Waals surface area contributed by atoms with E-state index in [0.29, 0.717) is 23.9 Å². The van der Waals surface area contributed by atoms with Gasteiger partial charge in [0.15, 0.2) is 0 Å². The van der Waals surface area contributed by atoms with Crippen molar-refractivity contribution >= 4 is 34.4 Å². The predicted octanol–water partition coefficient (Wildman–Crippen LogP) is 4.12. The molecule has 0 radical (unpaired) electrons. The van der Waals surface area contributed by atoms with Gasteiger partial charge in [0.1, 0.15) is 11.5 Å². The molecule has 7 heteroatoms. The number of carboxylic acids is 1. The quantitative estimate of drug-likeness (QED) is 0.592. The third-order valence-electron chi connectivity index (χ3n) is 3.78. The Morgan fingerprint density at radius 1 is 1.17 bits per heavy atom. The van der Waals surface area contributed by atoms with Crippen LogP contribution in [0.5, 0.6) is 0 Å². The van der Waals surface area contributed by atoms with Crippen LogP contribution in [0.15, 0.2) is 18.2 Å². The molecule has 2 aromatic rings. The van der Waals surface area contributed by atoms with Crippen molar-refractivity contribution in [3.8, 4) is 0 Å². The summed E-state index contributed by atoms with van der Waals surface area (Å²) in [5, 5.41) is 12.0. The van der Waals surface area contributed by atoms with Crippen molar-refractivity contribution in [2.45, 2.75) is 38.5 Å². The van der Waals surface area contributed by atoms with Crippen molar-refractivity contribution < 1.29 is 19.1 Å². The lowest BCUT2D eigenvalue weighted by Crippen LogP contribution is -2.25. The number of H-pyrrole nitrogens is 1. The van der Waals surface area contributed by atoms with Gasteiger partial charge in [-0.25, -0.2) is 4.39 Å². The van der Waals surface area contributed by atoms with E-state index in [9.17, 15) is 14.0 Å². The van der Waals surface area contributed by atoms with E-state index in [-0.39, 0.29) is 23.0 Å². The van der Waals surface area contributed by atoms with Gasteiger partial charge in [0.2, 0.25) is 0 Å². The molecule has 1 aromatic heterocycles. The minimum Gasteiger partial charge on any atom is -0.481 e. The van der Waals surface area contributed by atoms with Crippen LogP contribution in [0, 0.1) is 5.82 Å². The van der Waals surface area contributed by atoms with Crippen LogP contribution in [0.4, 0.5) is 4.39 Å². The molecule has 1 amide bonds. The number of halogens is 2. The van der Waals surface area contributed by atoms with Crippen LogP contribution >= 0.6 is 11.6 Å². The first-order valence-electron chi connectivity index (χ1n) is 7.95. The van der Waals surface area contributed by atoms with Gasteiger partial charge < -0.3 is 15.4 Å². The molecule has 0 saturated heterocycles. The number of aromatic amines is 1. The number of rotatable bonds is 9. The second-order valence-electron chi connectivity index (χ2n) is 5.67. The van der Waals surface area contributed by atoms with Gasteiger partial charge in [-0.15, -0.1) is 0 Å². The first-order valence-corrected chi connectivity index (χ1v) is 8.33. The number of nitrogens with one attached hydrogen (secondary N) is 2. The summed E-state index contributed by atoms with van der Waals surface area (Å²) in [5.41, 5.74) is 0.851. The zero-order valence-corrected chi connectivity index (χ0v) is 14.0. The van der Waals surface area contributed by atoms with Gasteiger partial charge in [0, 0.05) is 23.9 Å². The maximum absolute atomic E-state index is 13.2. The Hall–Kier alpha value is -2.08. The summed E-state index contributed by atoms with van der Waals surface area (Å²) in [7, 11) is 0. The second kappa shape index (κ2) is 8.68. The van der Waals surface area contributed by atoms with E-state index in [1.54, 1.807) is 6.07 Å². The molecule has 0 aliphatic carbocycles. The highest BCUT2D eigenvalue weighted by Gasteiger charge is 2.16. The SMILES string of the molecule is O=C(O)CCCCCCCNC(=O)c1[nH]c2ccc(F)cc2c1Cl. The highest BCUT2D eigenvalue weighted by Crippen LogP contribution is 2.27. The fourth-order valence-corrected chi connectivity index (χ4v) is 2.80. The summed E-state index contributed by atoms with van der Waals surface area (Å²) in [6, 6.07) is 4.15. The molecule has 130 valence electrons. The molecule has 1 aromatic carbocycles. The summed E-state index contributed by atoms with van der Waals surface area (Å²) >= 11 is 6.14. The number of unbranched alkanes of at least 4 members (excludes halogenated alkanes) is 4. The van der Waals surface area contributed by atoms with Crippen LogP contribution in [0.25, 0.3) is 10.9 Å². The molecular formula is C17H20ClFN2O3. The number of amides is 1. The van der Waals surface area contributed by atoms with E-state index < -0.39 is 11.8 Å². The summed E-state index contributed by atoms with van der Waals surface area (Å²) < 4.78 is 13.2. The lowest BCUT2D eigenvalue weighted by molar-refractivity contribution is -0.137. The monoisotopic (exact) mass is 354 g/mol. The van der Waals surface area contributed by atoms with E-state index in [4.69, 9.17) is 16.7 Å². The van der Waals surface area contributed by atoms with Crippen LogP contribution < -0.4 is 5.32 Å². The van der Waals surface area contributed by atoms with Crippen molar-refractivity contribution in [1.82, 2.24) is 10.3 Å². The van der Waals surface area contributed by atoms with Crippen LogP contribution in [0.2, 0.25) is 5.02 Å². The molecule has 0 spiro atoms. The van der Waals surface area contributed by atoms with Gasteiger partial charge in [0.05, 0.1) is 5.02 Å². The van der Waals surface area contributed by atoms with Crippen molar-refractivity contribution in [2.24, 2.45) is 0 Å². The maximum Gasteiger partial charge on any atom is 0.303 e. The zero-order chi connectivity index (χ0) is 17.5. The zero-order valence-electron chi connectivity index (χ0n) is 13.2. The third-order valence-corrected chi connectivity index (χ3v) is 4.17. The van der Waals surface area contributed by atoms with E-state index in [1.165, 1.54) is 12.1 Å². The number of carbonyl (C=O) groups is 2. The molecule has 0 aliphatic rings. The number of aliphatic carboxylic acids is 1. The Bertz CT molecular complexity index is 730. The minimum absolute atomic E-state index is 0.205. The van der Waals surface area contributed by atoms with Gasteiger partial charge in [0.25, 0.3) is 5.91 Å². The second-order valence-corrected chi connectivity index (χ2v) is 6.05. The highest BCUT2D eigenvalue weighted by atomic mass is 35.5. The molecule has 0 aliphatic heterocycles. The topological polar surface area (TPSA) is 82.2 Å². The van der Waals surface area contributed by atoms with E-state index in [0.717, 1.165) is 25.7 Å². The molecule has 0 fully saturated rings. The lowest BCUT2D eigenvalue weighted by atomic mass is 10.1. The lowest BCUT2D eigenvalue weighted by Gasteiger charge is -2.04. The predicted molar refractivity (Wildman–Crippen MR) is 90.9 cm³/mol. The molecule has 24 heavy (non-hydrogen) atoms. The fraction of sp³-hybridized carbons (Fsp3) is 0.412. The summed E-state index contributed by atoms with van der Waals surface area (Å²) in [5.74, 6) is -1.49. The molecule has 0 saturated carbocycles. The molecule has 2 rings (SSSR count). The third kappa shape index (κ3) is 4.96. The molecule has 0 bridgehead atoms. The van der Waals surface area contributed by atoms with E-state index in [1.807, 2.05) is 0 Å². The number of fused-ring (bicyclic) bond motifs is 1. The Morgan fingerprint density at radius 3 is 2.62 bits per heavy atom. The highest BCUT2D eigenvalue weighted by molar-refractivity contribution is 6.38. The fourth-order valence-electron chi connectivity index (χ4n) is 2.51. The standard InChI is InChI=1S/C17H20ClFN2O3/c18-15-12-10-11(19)7-8-13(12)21-16(15)17(24)20-9-5-3-1-2-4-6-14(22)23/h7-8,10,21H,1-6,9H2,(H,20,24)(H,22,23).